The average molecular weight is 528 g/mol. The second-order valence-corrected chi connectivity index (χ2v) is 10.9. The lowest BCUT2D eigenvalue weighted by Crippen LogP contribution is -2.27. The Bertz CT molecular complexity index is 880. The molecule has 0 radical (unpaired) electrons. The van der Waals surface area contributed by atoms with Crippen molar-refractivity contribution in [2.24, 2.45) is 5.92 Å². The van der Waals surface area contributed by atoms with E-state index in [4.69, 9.17) is 14.2 Å². The van der Waals surface area contributed by atoms with Crippen molar-refractivity contribution < 1.29 is 18.6 Å². The van der Waals surface area contributed by atoms with Gasteiger partial charge in [0, 0.05) is 29.3 Å². The first-order chi connectivity index (χ1) is 18.7. The van der Waals surface area contributed by atoms with E-state index in [9.17, 15) is 4.39 Å². The van der Waals surface area contributed by atoms with Gasteiger partial charge in [0.1, 0.15) is 11.6 Å². The fourth-order valence-corrected chi connectivity index (χ4v) is 5.04. The van der Waals surface area contributed by atoms with Crippen LogP contribution in [-0.4, -0.2) is 24.8 Å². The summed E-state index contributed by atoms with van der Waals surface area (Å²) in [6.07, 6.45) is 20.4. The molecule has 0 bridgehead atoms. The summed E-state index contributed by atoms with van der Waals surface area (Å²) >= 11 is 0. The summed E-state index contributed by atoms with van der Waals surface area (Å²) in [5.41, 5.74) is 1.94. The predicted molar refractivity (Wildman–Crippen MR) is 154 cm³/mol. The molecular weight excluding hydrogens is 477 g/mol. The lowest BCUT2D eigenvalue weighted by atomic mass is 10.0. The molecule has 0 N–H and O–H groups in total. The molecule has 3 rings (SSSR count). The molecule has 1 saturated heterocycles. The fourth-order valence-electron chi connectivity index (χ4n) is 5.04. The molecule has 0 saturated carbocycles. The van der Waals surface area contributed by atoms with Gasteiger partial charge in [0.2, 0.25) is 0 Å². The van der Waals surface area contributed by atoms with Crippen molar-refractivity contribution in [1.82, 2.24) is 4.98 Å². The van der Waals surface area contributed by atoms with E-state index in [-0.39, 0.29) is 5.82 Å². The zero-order chi connectivity index (χ0) is 26.8. The third kappa shape index (κ3) is 11.0. The average Bonchev–Trinajstić information content (AvgIpc) is 2.95. The van der Waals surface area contributed by atoms with Crippen LogP contribution in [0.1, 0.15) is 122 Å². The van der Waals surface area contributed by atoms with Gasteiger partial charge in [-0.25, -0.2) is 4.39 Å². The first kappa shape index (κ1) is 30.6. The number of rotatable bonds is 19. The Balaban J connectivity index is 1.36. The van der Waals surface area contributed by atoms with Gasteiger partial charge in [-0.05, 0) is 31.0 Å². The quantitative estimate of drug-likeness (QED) is 0.170. The molecule has 0 amide bonds. The third-order valence-electron chi connectivity index (χ3n) is 7.47. The van der Waals surface area contributed by atoms with Crippen LogP contribution in [0.3, 0.4) is 0 Å². The molecule has 1 aromatic carbocycles. The minimum atomic E-state index is -0.394. The summed E-state index contributed by atoms with van der Waals surface area (Å²) in [6.45, 7) is 6.56. The molecular formula is C33H50FNO3. The number of aromatic nitrogens is 1. The maximum absolute atomic E-state index is 14.8. The van der Waals surface area contributed by atoms with E-state index in [1.54, 1.807) is 12.3 Å². The van der Waals surface area contributed by atoms with Gasteiger partial charge < -0.3 is 14.2 Å². The summed E-state index contributed by atoms with van der Waals surface area (Å²) in [5.74, 6) is 0.724. The van der Waals surface area contributed by atoms with Crippen molar-refractivity contribution in [3.05, 3.63) is 47.9 Å². The van der Waals surface area contributed by atoms with Crippen molar-refractivity contribution in [2.75, 3.05) is 19.8 Å². The van der Waals surface area contributed by atoms with Crippen LogP contribution in [0.4, 0.5) is 4.39 Å². The standard InChI is InChI=1S/C33H50FNO3/c1-3-5-7-9-11-12-14-16-22-36-29-19-20-30(31(34)23-29)32-21-18-28(24-35-32)33-37-25-27(26-38-33)17-15-13-10-8-6-4-2/h18-21,23-24,27,33H,3-17,22,25-26H2,1-2H3/t27-,33-. The van der Waals surface area contributed by atoms with Crippen LogP contribution < -0.4 is 4.74 Å². The van der Waals surface area contributed by atoms with Gasteiger partial charge in [-0.1, -0.05) is 103 Å². The molecule has 5 heteroatoms. The van der Waals surface area contributed by atoms with Crippen LogP contribution in [0.15, 0.2) is 36.5 Å². The van der Waals surface area contributed by atoms with Crippen molar-refractivity contribution in [1.29, 1.82) is 0 Å². The molecule has 38 heavy (non-hydrogen) atoms. The van der Waals surface area contributed by atoms with Crippen LogP contribution in [0.25, 0.3) is 11.3 Å². The summed E-state index contributed by atoms with van der Waals surface area (Å²) in [7, 11) is 0. The van der Waals surface area contributed by atoms with E-state index in [2.05, 4.69) is 18.8 Å². The smallest absolute Gasteiger partial charge is 0.185 e. The Kier molecular flexibility index (Phi) is 14.7. The van der Waals surface area contributed by atoms with Gasteiger partial charge in [-0.2, -0.15) is 0 Å². The number of nitrogens with zero attached hydrogens (tertiary/aromatic N) is 1. The summed E-state index contributed by atoms with van der Waals surface area (Å²) < 4.78 is 32.6. The normalized spacial score (nSPS) is 17.6. The summed E-state index contributed by atoms with van der Waals surface area (Å²) in [5, 5.41) is 0. The summed E-state index contributed by atoms with van der Waals surface area (Å²) in [6, 6.07) is 8.81. The number of ether oxygens (including phenoxy) is 3. The molecule has 4 nitrogen and oxygen atoms in total. The van der Waals surface area contributed by atoms with E-state index >= 15 is 0 Å². The van der Waals surface area contributed by atoms with Gasteiger partial charge in [0.05, 0.1) is 25.5 Å². The molecule has 2 aromatic rings. The second kappa shape index (κ2) is 18.3. The van der Waals surface area contributed by atoms with Gasteiger partial charge in [-0.15, -0.1) is 0 Å². The van der Waals surface area contributed by atoms with Crippen LogP contribution in [0.5, 0.6) is 5.75 Å². The van der Waals surface area contributed by atoms with Crippen molar-refractivity contribution in [2.45, 2.75) is 116 Å². The SMILES string of the molecule is CCCCCCCCCCOc1ccc(-c2ccc([C@H]3OC[C@H](CCCCCCCC)CO3)cn2)c(F)c1. The zero-order valence-corrected chi connectivity index (χ0v) is 23.9. The number of unbranched alkanes of at least 4 members (excludes halogenated alkanes) is 12. The number of pyridine rings is 1. The number of hydrogen-bond donors (Lipinski definition) is 0. The maximum atomic E-state index is 14.8. The molecule has 212 valence electrons. The largest absolute Gasteiger partial charge is 0.493 e. The molecule has 1 fully saturated rings. The molecule has 1 aromatic heterocycles. The zero-order valence-electron chi connectivity index (χ0n) is 23.9. The maximum Gasteiger partial charge on any atom is 0.185 e. The number of hydrogen-bond acceptors (Lipinski definition) is 4. The monoisotopic (exact) mass is 527 g/mol. The van der Waals surface area contributed by atoms with Crippen molar-refractivity contribution in [3.8, 4) is 17.0 Å². The lowest BCUT2D eigenvalue weighted by molar-refractivity contribution is -0.206. The molecule has 1 aliphatic heterocycles. The Morgan fingerprint density at radius 1 is 0.789 bits per heavy atom. The highest BCUT2D eigenvalue weighted by atomic mass is 19.1. The van der Waals surface area contributed by atoms with Gasteiger partial charge in [0.25, 0.3) is 0 Å². The van der Waals surface area contributed by atoms with Crippen molar-refractivity contribution >= 4 is 0 Å². The van der Waals surface area contributed by atoms with Crippen molar-refractivity contribution in [3.63, 3.8) is 0 Å². The predicted octanol–water partition coefficient (Wildman–Crippen LogP) is 9.82. The van der Waals surface area contributed by atoms with Crippen LogP contribution in [-0.2, 0) is 9.47 Å². The van der Waals surface area contributed by atoms with Gasteiger partial charge >= 0.3 is 0 Å². The molecule has 0 aliphatic carbocycles. The van der Waals surface area contributed by atoms with Crippen LogP contribution >= 0.6 is 0 Å². The minimum Gasteiger partial charge on any atom is -0.493 e. The first-order valence-electron chi connectivity index (χ1n) is 15.3. The highest BCUT2D eigenvalue weighted by molar-refractivity contribution is 5.61. The van der Waals surface area contributed by atoms with Crippen LogP contribution in [0.2, 0.25) is 0 Å². The number of benzene rings is 1. The number of halogens is 1. The topological polar surface area (TPSA) is 40.6 Å². The van der Waals surface area contributed by atoms with E-state index in [0.717, 1.165) is 38.0 Å². The molecule has 0 unspecified atom stereocenters. The minimum absolute atomic E-state index is 0.318. The Morgan fingerprint density at radius 2 is 1.42 bits per heavy atom. The Labute approximate surface area is 230 Å². The molecule has 2 heterocycles. The van der Waals surface area contributed by atoms with E-state index in [1.165, 1.54) is 83.1 Å². The van der Waals surface area contributed by atoms with Gasteiger partial charge in [-0.3, -0.25) is 4.98 Å². The Morgan fingerprint density at radius 3 is 2.03 bits per heavy atom. The fraction of sp³-hybridized carbons (Fsp3) is 0.667. The third-order valence-corrected chi connectivity index (χ3v) is 7.47. The van der Waals surface area contributed by atoms with Gasteiger partial charge in [0.15, 0.2) is 6.29 Å². The highest BCUT2D eigenvalue weighted by Crippen LogP contribution is 2.30. The van der Waals surface area contributed by atoms with E-state index in [1.807, 2.05) is 18.2 Å². The summed E-state index contributed by atoms with van der Waals surface area (Å²) in [4.78, 5) is 4.50. The molecule has 0 spiro atoms. The van der Waals surface area contributed by atoms with Crippen LogP contribution in [0, 0.1) is 11.7 Å². The Hall–Kier alpha value is -1.98. The second-order valence-electron chi connectivity index (χ2n) is 10.9. The first-order valence-corrected chi connectivity index (χ1v) is 15.3. The highest BCUT2D eigenvalue weighted by Gasteiger charge is 2.23. The molecule has 0 atom stereocenters. The van der Waals surface area contributed by atoms with E-state index in [0.29, 0.717) is 29.5 Å². The molecule has 1 aliphatic rings. The lowest BCUT2D eigenvalue weighted by Gasteiger charge is -2.29. The van der Waals surface area contributed by atoms with E-state index < -0.39 is 6.29 Å².